The molecule has 1 fully saturated rings. The van der Waals surface area contributed by atoms with E-state index in [1.807, 2.05) is 0 Å². The summed E-state index contributed by atoms with van der Waals surface area (Å²) in [5, 5.41) is -0.234. The molecule has 2 rings (SSSR count). The first-order valence-corrected chi connectivity index (χ1v) is 5.86. The molecule has 1 aromatic rings. The average molecular weight is 213 g/mol. The summed E-state index contributed by atoms with van der Waals surface area (Å²) in [5.74, 6) is 0.325. The lowest BCUT2D eigenvalue weighted by Crippen LogP contribution is -2.18. The van der Waals surface area contributed by atoms with Crippen LogP contribution < -0.4 is 10.5 Å². The lowest BCUT2D eigenvalue weighted by Gasteiger charge is -2.05. The molecule has 0 saturated heterocycles. The number of pyridine rings is 1. The molecular weight excluding hydrogens is 202 g/mol. The second kappa shape index (κ2) is 3.13. The Morgan fingerprint density at radius 3 is 2.64 bits per heavy atom. The molecule has 3 N–H and O–H groups in total. The van der Waals surface area contributed by atoms with E-state index in [0.29, 0.717) is 11.5 Å². The maximum Gasteiger partial charge on any atom is 0.236 e. The van der Waals surface area contributed by atoms with E-state index in [1.54, 1.807) is 12.1 Å². The van der Waals surface area contributed by atoms with Crippen molar-refractivity contribution >= 4 is 21.5 Å². The number of nitrogens with zero attached hydrogens (tertiary/aromatic N) is 1. The Hall–Kier alpha value is -1.30. The number of nitrogens with two attached hydrogens (primary N) is 1. The molecule has 0 aliphatic heterocycles. The zero-order chi connectivity index (χ0) is 10.2. The van der Waals surface area contributed by atoms with Crippen molar-refractivity contribution in [3.05, 3.63) is 18.3 Å². The summed E-state index contributed by atoms with van der Waals surface area (Å²) in [6.07, 6.45) is 2.90. The van der Waals surface area contributed by atoms with Gasteiger partial charge in [-0.2, -0.15) is 0 Å². The molecule has 1 aromatic heterocycles. The number of anilines is 2. The molecule has 0 aromatic carbocycles. The van der Waals surface area contributed by atoms with E-state index in [0.717, 1.165) is 12.8 Å². The van der Waals surface area contributed by atoms with Crippen LogP contribution in [0.5, 0.6) is 0 Å². The maximum absolute atomic E-state index is 11.5. The summed E-state index contributed by atoms with van der Waals surface area (Å²) in [7, 11) is -3.21. The second-order valence-corrected chi connectivity index (χ2v) is 5.28. The molecule has 0 radical (unpaired) electrons. The van der Waals surface area contributed by atoms with E-state index in [4.69, 9.17) is 5.73 Å². The molecule has 0 unspecified atom stereocenters. The lowest BCUT2D eigenvalue weighted by atomic mass is 10.4. The Balaban J connectivity index is 2.14. The fraction of sp³-hybridized carbons (Fsp3) is 0.375. The third kappa shape index (κ3) is 1.95. The number of hydrogen-bond donors (Lipinski definition) is 2. The van der Waals surface area contributed by atoms with Gasteiger partial charge in [0.25, 0.3) is 0 Å². The Morgan fingerprint density at radius 2 is 2.14 bits per heavy atom. The van der Waals surface area contributed by atoms with Gasteiger partial charge in [-0.15, -0.1) is 0 Å². The number of aromatic nitrogens is 1. The van der Waals surface area contributed by atoms with Crippen molar-refractivity contribution in [1.82, 2.24) is 4.98 Å². The van der Waals surface area contributed by atoms with Crippen LogP contribution in [0.1, 0.15) is 12.8 Å². The fourth-order valence-corrected chi connectivity index (χ4v) is 2.41. The van der Waals surface area contributed by atoms with Gasteiger partial charge in [0.15, 0.2) is 0 Å². The van der Waals surface area contributed by atoms with Crippen LogP contribution in [0.4, 0.5) is 11.5 Å². The Morgan fingerprint density at radius 1 is 1.43 bits per heavy atom. The van der Waals surface area contributed by atoms with Crippen LogP contribution in [-0.4, -0.2) is 18.7 Å². The van der Waals surface area contributed by atoms with Crippen molar-refractivity contribution in [2.24, 2.45) is 0 Å². The number of rotatable bonds is 3. The molecule has 1 saturated carbocycles. The van der Waals surface area contributed by atoms with Gasteiger partial charge in [0.2, 0.25) is 10.0 Å². The molecule has 1 aliphatic carbocycles. The zero-order valence-electron chi connectivity index (χ0n) is 7.47. The highest BCUT2D eigenvalue weighted by Crippen LogP contribution is 2.29. The normalized spacial score (nSPS) is 16.6. The number of sulfonamides is 1. The number of nitrogens with one attached hydrogen (secondary N) is 1. The van der Waals surface area contributed by atoms with Gasteiger partial charge in [0.1, 0.15) is 5.82 Å². The van der Waals surface area contributed by atoms with Crippen molar-refractivity contribution in [2.75, 3.05) is 10.5 Å². The van der Waals surface area contributed by atoms with Gasteiger partial charge in [0, 0.05) is 0 Å². The van der Waals surface area contributed by atoms with Crippen LogP contribution in [0, 0.1) is 0 Å². The molecule has 0 amide bonds. The highest BCUT2D eigenvalue weighted by atomic mass is 32.2. The van der Waals surface area contributed by atoms with Crippen molar-refractivity contribution in [3.63, 3.8) is 0 Å². The summed E-state index contributed by atoms with van der Waals surface area (Å²) in [6, 6.07) is 3.16. The molecule has 0 bridgehead atoms. The van der Waals surface area contributed by atoms with Crippen LogP contribution in [-0.2, 0) is 10.0 Å². The maximum atomic E-state index is 11.5. The first-order valence-electron chi connectivity index (χ1n) is 4.31. The number of nitrogen functional groups attached to an aromatic ring is 1. The van der Waals surface area contributed by atoms with Gasteiger partial charge < -0.3 is 5.73 Å². The smallest absolute Gasteiger partial charge is 0.236 e. The minimum Gasteiger partial charge on any atom is -0.397 e. The van der Waals surface area contributed by atoms with Gasteiger partial charge in [-0.3, -0.25) is 4.72 Å². The first-order chi connectivity index (χ1) is 6.58. The third-order valence-corrected chi connectivity index (χ3v) is 3.84. The average Bonchev–Trinajstić information content (AvgIpc) is 2.91. The molecule has 0 atom stereocenters. The fourth-order valence-electron chi connectivity index (χ4n) is 1.07. The molecule has 76 valence electrons. The molecule has 1 aliphatic rings. The monoisotopic (exact) mass is 213 g/mol. The highest BCUT2D eigenvalue weighted by molar-refractivity contribution is 7.93. The van der Waals surface area contributed by atoms with Crippen LogP contribution in [0.2, 0.25) is 0 Å². The summed E-state index contributed by atoms with van der Waals surface area (Å²) in [6.45, 7) is 0. The zero-order valence-corrected chi connectivity index (χ0v) is 8.29. The van der Waals surface area contributed by atoms with Crippen LogP contribution in [0.25, 0.3) is 0 Å². The molecule has 0 spiro atoms. The van der Waals surface area contributed by atoms with E-state index in [1.165, 1.54) is 6.20 Å². The van der Waals surface area contributed by atoms with E-state index >= 15 is 0 Å². The second-order valence-electron chi connectivity index (χ2n) is 3.32. The van der Waals surface area contributed by atoms with Crippen LogP contribution >= 0.6 is 0 Å². The Labute approximate surface area is 82.4 Å². The standard InChI is InChI=1S/C8H11N3O2S/c9-6-1-4-8(10-5-6)11-14(12,13)7-2-3-7/h1,4-5,7H,2-3,9H2,(H,10,11). The predicted molar refractivity (Wildman–Crippen MR) is 54.2 cm³/mol. The predicted octanol–water partition coefficient (Wildman–Crippen LogP) is 0.568. The van der Waals surface area contributed by atoms with Crippen molar-refractivity contribution < 1.29 is 8.42 Å². The third-order valence-electron chi connectivity index (χ3n) is 2.00. The van der Waals surface area contributed by atoms with Crippen LogP contribution in [0.15, 0.2) is 18.3 Å². The van der Waals surface area contributed by atoms with E-state index < -0.39 is 10.0 Å². The number of hydrogen-bond acceptors (Lipinski definition) is 4. The van der Waals surface area contributed by atoms with Gasteiger partial charge in [0.05, 0.1) is 17.1 Å². The van der Waals surface area contributed by atoms with Gasteiger partial charge in [-0.05, 0) is 25.0 Å². The van der Waals surface area contributed by atoms with Crippen molar-refractivity contribution in [2.45, 2.75) is 18.1 Å². The quantitative estimate of drug-likeness (QED) is 0.768. The molecule has 5 nitrogen and oxygen atoms in total. The van der Waals surface area contributed by atoms with E-state index in [-0.39, 0.29) is 5.25 Å². The van der Waals surface area contributed by atoms with Gasteiger partial charge in [-0.1, -0.05) is 0 Å². The summed E-state index contributed by atoms with van der Waals surface area (Å²) in [5.41, 5.74) is 5.94. The lowest BCUT2D eigenvalue weighted by molar-refractivity contribution is 0.600. The van der Waals surface area contributed by atoms with Gasteiger partial charge >= 0.3 is 0 Å². The summed E-state index contributed by atoms with van der Waals surface area (Å²) < 4.78 is 25.3. The minimum absolute atomic E-state index is 0.234. The molecule has 1 heterocycles. The summed E-state index contributed by atoms with van der Waals surface area (Å²) >= 11 is 0. The SMILES string of the molecule is Nc1ccc(NS(=O)(=O)C2CC2)nc1. The minimum atomic E-state index is -3.21. The van der Waals surface area contributed by atoms with Crippen molar-refractivity contribution in [1.29, 1.82) is 0 Å². The van der Waals surface area contributed by atoms with Gasteiger partial charge in [-0.25, -0.2) is 13.4 Å². The first kappa shape index (κ1) is 9.26. The van der Waals surface area contributed by atoms with Crippen molar-refractivity contribution in [3.8, 4) is 0 Å². The largest absolute Gasteiger partial charge is 0.397 e. The van der Waals surface area contributed by atoms with Crippen LogP contribution in [0.3, 0.4) is 0 Å². The van der Waals surface area contributed by atoms with E-state index in [9.17, 15) is 8.42 Å². The van der Waals surface area contributed by atoms with E-state index in [2.05, 4.69) is 9.71 Å². The molecular formula is C8H11N3O2S. The topological polar surface area (TPSA) is 85.1 Å². The molecule has 14 heavy (non-hydrogen) atoms. The molecule has 6 heteroatoms. The Kier molecular flexibility index (Phi) is 2.07. The Bertz CT molecular complexity index is 422. The summed E-state index contributed by atoms with van der Waals surface area (Å²) in [4.78, 5) is 3.86. The highest BCUT2D eigenvalue weighted by Gasteiger charge is 2.35.